The fourth-order valence-corrected chi connectivity index (χ4v) is 4.61. The van der Waals surface area contributed by atoms with Crippen LogP contribution in [0.2, 0.25) is 0 Å². The number of nitro benzene ring substituents is 1. The van der Waals surface area contributed by atoms with Gasteiger partial charge in [0.1, 0.15) is 5.82 Å². The summed E-state index contributed by atoms with van der Waals surface area (Å²) in [5.41, 5.74) is 3.30. The number of halogens is 1. The Balaban J connectivity index is 1.79. The Bertz CT molecular complexity index is 1350. The van der Waals surface area contributed by atoms with Crippen molar-refractivity contribution in [1.29, 1.82) is 0 Å². The Labute approximate surface area is 209 Å². The maximum absolute atomic E-state index is 14.2. The van der Waals surface area contributed by atoms with Gasteiger partial charge in [0.25, 0.3) is 5.69 Å². The average Bonchev–Trinajstić information content (AvgIpc) is 3.23. The lowest BCUT2D eigenvalue weighted by molar-refractivity contribution is -0.384. The number of carbonyl (C=O) groups is 1. The number of non-ortho nitro benzene ring substituents is 1. The molecule has 7 heteroatoms. The normalized spacial score (nSPS) is 11.9. The number of benzene rings is 3. The molecule has 0 saturated heterocycles. The Morgan fingerprint density at radius 2 is 1.86 bits per heavy atom. The third kappa shape index (κ3) is 5.97. The number of rotatable bonds is 11. The SMILES string of the molecule is CCCCCNC(=O)C[C@@H](c1cccc(F)c1)c1cn(Cc2ccccc2)c2ccc([N+](=O)[O-])cc12. The molecule has 1 amide bonds. The Morgan fingerprint density at radius 3 is 2.58 bits per heavy atom. The Morgan fingerprint density at radius 1 is 1.06 bits per heavy atom. The highest BCUT2D eigenvalue weighted by molar-refractivity contribution is 5.88. The number of nitrogens with one attached hydrogen (secondary N) is 1. The van der Waals surface area contributed by atoms with E-state index >= 15 is 0 Å². The molecule has 186 valence electrons. The van der Waals surface area contributed by atoms with Crippen molar-refractivity contribution < 1.29 is 14.1 Å². The van der Waals surface area contributed by atoms with Gasteiger partial charge >= 0.3 is 0 Å². The molecule has 1 N–H and O–H groups in total. The molecular weight excluding hydrogens is 457 g/mol. The molecule has 1 atom stereocenters. The number of hydrogen-bond acceptors (Lipinski definition) is 3. The molecule has 0 aliphatic carbocycles. The zero-order valence-corrected chi connectivity index (χ0v) is 20.3. The van der Waals surface area contributed by atoms with Gasteiger partial charge in [-0.1, -0.05) is 62.2 Å². The third-order valence-corrected chi connectivity index (χ3v) is 6.42. The molecule has 4 rings (SSSR count). The van der Waals surface area contributed by atoms with Crippen LogP contribution >= 0.6 is 0 Å². The summed E-state index contributed by atoms with van der Waals surface area (Å²) in [6.45, 7) is 3.25. The van der Waals surface area contributed by atoms with E-state index in [1.165, 1.54) is 18.2 Å². The predicted molar refractivity (Wildman–Crippen MR) is 140 cm³/mol. The van der Waals surface area contributed by atoms with Crippen LogP contribution in [0.1, 0.15) is 55.2 Å². The van der Waals surface area contributed by atoms with E-state index in [0.717, 1.165) is 35.9 Å². The molecule has 0 radical (unpaired) electrons. The van der Waals surface area contributed by atoms with Crippen LogP contribution in [-0.4, -0.2) is 21.9 Å². The largest absolute Gasteiger partial charge is 0.356 e. The fraction of sp³-hybridized carbons (Fsp3) is 0.276. The molecule has 36 heavy (non-hydrogen) atoms. The molecule has 0 saturated carbocycles. The summed E-state index contributed by atoms with van der Waals surface area (Å²) in [6.07, 6.45) is 5.05. The van der Waals surface area contributed by atoms with Gasteiger partial charge in [-0.15, -0.1) is 0 Å². The standard InChI is InChI=1S/C29H30FN3O3/c1-2-3-7-15-31-29(34)18-25(22-11-8-12-23(30)16-22)27-20-32(19-21-9-5-4-6-10-21)28-14-13-24(33(35)36)17-26(27)28/h4-6,8-14,16-17,20,25H,2-3,7,15,18-19H2,1H3,(H,31,34)/t25-/m0/s1. The molecule has 0 unspecified atom stereocenters. The predicted octanol–water partition coefficient (Wildman–Crippen LogP) is 6.57. The van der Waals surface area contributed by atoms with Crippen molar-refractivity contribution in [1.82, 2.24) is 9.88 Å². The summed E-state index contributed by atoms with van der Waals surface area (Å²) in [5.74, 6) is -0.983. The van der Waals surface area contributed by atoms with Crippen molar-refractivity contribution in [2.45, 2.75) is 45.1 Å². The number of fused-ring (bicyclic) bond motifs is 1. The van der Waals surface area contributed by atoms with Gasteiger partial charge in [-0.05, 0) is 41.3 Å². The molecule has 1 heterocycles. The average molecular weight is 488 g/mol. The van der Waals surface area contributed by atoms with E-state index in [0.29, 0.717) is 24.0 Å². The second-order valence-corrected chi connectivity index (χ2v) is 9.03. The zero-order valence-electron chi connectivity index (χ0n) is 20.3. The number of nitro groups is 1. The van der Waals surface area contributed by atoms with Crippen LogP contribution in [0.15, 0.2) is 79.0 Å². The highest BCUT2D eigenvalue weighted by Gasteiger charge is 2.24. The number of nitrogens with zero attached hydrogens (tertiary/aromatic N) is 2. The van der Waals surface area contributed by atoms with Crippen molar-refractivity contribution in [3.8, 4) is 0 Å². The van der Waals surface area contributed by atoms with Crippen LogP contribution in [0.4, 0.5) is 10.1 Å². The maximum Gasteiger partial charge on any atom is 0.270 e. The highest BCUT2D eigenvalue weighted by Crippen LogP contribution is 2.37. The minimum Gasteiger partial charge on any atom is -0.356 e. The van der Waals surface area contributed by atoms with Crippen molar-refractivity contribution in [3.63, 3.8) is 0 Å². The second-order valence-electron chi connectivity index (χ2n) is 9.03. The van der Waals surface area contributed by atoms with Crippen molar-refractivity contribution in [2.24, 2.45) is 0 Å². The summed E-state index contributed by atoms with van der Waals surface area (Å²) >= 11 is 0. The van der Waals surface area contributed by atoms with Gasteiger partial charge in [-0.25, -0.2) is 4.39 Å². The molecule has 0 bridgehead atoms. The molecular formula is C29H30FN3O3. The molecule has 3 aromatic carbocycles. The van der Waals surface area contributed by atoms with Gasteiger partial charge < -0.3 is 9.88 Å². The first kappa shape index (κ1) is 25.1. The monoisotopic (exact) mass is 487 g/mol. The second kappa shape index (κ2) is 11.6. The first-order chi connectivity index (χ1) is 17.5. The third-order valence-electron chi connectivity index (χ3n) is 6.42. The summed E-state index contributed by atoms with van der Waals surface area (Å²) in [7, 11) is 0. The first-order valence-electron chi connectivity index (χ1n) is 12.3. The minimum atomic E-state index is -0.464. The number of aromatic nitrogens is 1. The lowest BCUT2D eigenvalue weighted by Crippen LogP contribution is -2.26. The summed E-state index contributed by atoms with van der Waals surface area (Å²) in [6, 6.07) is 20.9. The summed E-state index contributed by atoms with van der Waals surface area (Å²) in [5, 5.41) is 15.2. The quantitative estimate of drug-likeness (QED) is 0.148. The van der Waals surface area contributed by atoms with E-state index in [4.69, 9.17) is 0 Å². The molecule has 0 aliphatic heterocycles. The van der Waals surface area contributed by atoms with E-state index in [1.54, 1.807) is 24.3 Å². The van der Waals surface area contributed by atoms with E-state index in [2.05, 4.69) is 12.2 Å². The maximum atomic E-state index is 14.2. The van der Waals surface area contributed by atoms with E-state index < -0.39 is 10.8 Å². The highest BCUT2D eigenvalue weighted by atomic mass is 19.1. The van der Waals surface area contributed by atoms with Crippen LogP contribution in [0, 0.1) is 15.9 Å². The Kier molecular flexibility index (Phi) is 8.10. The van der Waals surface area contributed by atoms with Crippen molar-refractivity contribution in [3.05, 3.63) is 112 Å². The van der Waals surface area contributed by atoms with Crippen LogP contribution in [0.5, 0.6) is 0 Å². The minimum absolute atomic E-state index is 0.0248. The summed E-state index contributed by atoms with van der Waals surface area (Å²) in [4.78, 5) is 24.1. The molecule has 0 aliphatic rings. The van der Waals surface area contributed by atoms with E-state index in [1.807, 2.05) is 41.1 Å². The lowest BCUT2D eigenvalue weighted by atomic mass is 9.88. The van der Waals surface area contributed by atoms with Crippen LogP contribution in [0.25, 0.3) is 10.9 Å². The van der Waals surface area contributed by atoms with Gasteiger partial charge in [0, 0.05) is 54.7 Å². The molecule has 6 nitrogen and oxygen atoms in total. The van der Waals surface area contributed by atoms with Crippen molar-refractivity contribution >= 4 is 22.5 Å². The van der Waals surface area contributed by atoms with E-state index in [-0.39, 0.29) is 23.8 Å². The molecule has 0 spiro atoms. The number of amides is 1. The van der Waals surface area contributed by atoms with Gasteiger partial charge in [-0.2, -0.15) is 0 Å². The fourth-order valence-electron chi connectivity index (χ4n) is 4.61. The Hall–Kier alpha value is -4.00. The van der Waals surface area contributed by atoms with Gasteiger partial charge in [0.2, 0.25) is 5.91 Å². The summed E-state index contributed by atoms with van der Waals surface area (Å²) < 4.78 is 16.3. The topological polar surface area (TPSA) is 77.2 Å². The van der Waals surface area contributed by atoms with Gasteiger partial charge in [-0.3, -0.25) is 14.9 Å². The molecule has 4 aromatic rings. The zero-order chi connectivity index (χ0) is 25.5. The van der Waals surface area contributed by atoms with Gasteiger partial charge in [0.15, 0.2) is 0 Å². The van der Waals surface area contributed by atoms with Crippen LogP contribution in [-0.2, 0) is 11.3 Å². The van der Waals surface area contributed by atoms with Crippen LogP contribution < -0.4 is 5.32 Å². The van der Waals surface area contributed by atoms with Gasteiger partial charge in [0.05, 0.1) is 4.92 Å². The first-order valence-corrected chi connectivity index (χ1v) is 12.3. The number of hydrogen-bond donors (Lipinski definition) is 1. The number of unbranched alkanes of at least 4 members (excludes halogenated alkanes) is 2. The lowest BCUT2D eigenvalue weighted by Gasteiger charge is -2.17. The van der Waals surface area contributed by atoms with Crippen LogP contribution in [0.3, 0.4) is 0 Å². The molecule has 1 aromatic heterocycles. The number of carbonyl (C=O) groups excluding carboxylic acids is 1. The smallest absolute Gasteiger partial charge is 0.270 e. The van der Waals surface area contributed by atoms with E-state index in [9.17, 15) is 19.3 Å². The molecule has 0 fully saturated rings. The van der Waals surface area contributed by atoms with Crippen molar-refractivity contribution in [2.75, 3.05) is 6.54 Å².